The molecule has 1 heterocycles. The van der Waals surface area contributed by atoms with Crippen molar-refractivity contribution in [2.24, 2.45) is 0 Å². The van der Waals surface area contributed by atoms with E-state index in [1.54, 1.807) is 12.1 Å². The maximum Gasteiger partial charge on any atom is 0.330 e. The van der Waals surface area contributed by atoms with Crippen LogP contribution in [0.4, 0.5) is 0 Å². The molecule has 0 saturated heterocycles. The molecule has 1 aromatic heterocycles. The third-order valence-corrected chi connectivity index (χ3v) is 1.56. The third-order valence-electron chi connectivity index (χ3n) is 1.56. The molecule has 0 N–H and O–H groups in total. The van der Waals surface area contributed by atoms with Gasteiger partial charge in [-0.25, -0.2) is 4.79 Å². The van der Waals surface area contributed by atoms with Crippen molar-refractivity contribution in [3.8, 4) is 0 Å². The minimum Gasteiger partial charge on any atom is -0.466 e. The first kappa shape index (κ1) is 10.2. The zero-order valence-electron chi connectivity index (χ0n) is 7.94. The first-order valence-corrected chi connectivity index (χ1v) is 4.00. The number of rotatable bonds is 3. The van der Waals surface area contributed by atoms with Crippen LogP contribution < -0.4 is 0 Å². The van der Waals surface area contributed by atoms with Crippen LogP contribution in [0.25, 0.3) is 6.08 Å². The lowest BCUT2D eigenvalue weighted by molar-refractivity contribution is -0.134. The number of carbonyl (C=O) groups is 2. The Labute approximate surface area is 81.2 Å². The summed E-state index contributed by atoms with van der Waals surface area (Å²) >= 11 is 0. The monoisotopic (exact) mass is 194 g/mol. The van der Waals surface area contributed by atoms with E-state index in [0.29, 0.717) is 5.76 Å². The van der Waals surface area contributed by atoms with Crippen LogP contribution >= 0.6 is 0 Å². The van der Waals surface area contributed by atoms with E-state index >= 15 is 0 Å². The number of hydrogen-bond donors (Lipinski definition) is 0. The Bertz CT molecular complexity index is 373. The van der Waals surface area contributed by atoms with E-state index in [0.717, 1.165) is 0 Å². The fraction of sp³-hybridized carbons (Fsp3) is 0.200. The zero-order valence-corrected chi connectivity index (χ0v) is 7.94. The molecule has 1 aromatic rings. The first-order valence-electron chi connectivity index (χ1n) is 4.00. The second-order valence-electron chi connectivity index (χ2n) is 2.61. The summed E-state index contributed by atoms with van der Waals surface area (Å²) in [5.41, 5.74) is 0. The topological polar surface area (TPSA) is 56.5 Å². The van der Waals surface area contributed by atoms with E-state index in [-0.39, 0.29) is 11.5 Å². The maximum absolute atomic E-state index is 10.8. The summed E-state index contributed by atoms with van der Waals surface area (Å²) in [6.45, 7) is 1.41. The van der Waals surface area contributed by atoms with Crippen molar-refractivity contribution >= 4 is 17.8 Å². The van der Waals surface area contributed by atoms with E-state index in [9.17, 15) is 9.59 Å². The maximum atomic E-state index is 10.8. The highest BCUT2D eigenvalue weighted by Crippen LogP contribution is 2.09. The van der Waals surface area contributed by atoms with Crippen LogP contribution in [0.3, 0.4) is 0 Å². The molecule has 0 spiro atoms. The van der Waals surface area contributed by atoms with Crippen LogP contribution in [0.1, 0.15) is 23.2 Å². The fourth-order valence-electron chi connectivity index (χ4n) is 0.850. The molecule has 4 heteroatoms. The van der Waals surface area contributed by atoms with Crippen LogP contribution in [-0.4, -0.2) is 18.9 Å². The van der Waals surface area contributed by atoms with Crippen LogP contribution in [-0.2, 0) is 9.53 Å². The van der Waals surface area contributed by atoms with Crippen LogP contribution in [0, 0.1) is 0 Å². The van der Waals surface area contributed by atoms with Crippen LogP contribution in [0.5, 0.6) is 0 Å². The summed E-state index contributed by atoms with van der Waals surface area (Å²) in [6.07, 6.45) is 2.67. The Kier molecular flexibility index (Phi) is 3.23. The second-order valence-corrected chi connectivity index (χ2v) is 2.61. The minimum absolute atomic E-state index is 0.150. The molecule has 0 fully saturated rings. The van der Waals surface area contributed by atoms with Gasteiger partial charge < -0.3 is 9.15 Å². The standard InChI is InChI=1S/C10H10O4/c1-7(11)9-5-3-8(14-9)4-6-10(12)13-2/h3-6H,1-2H3. The molecule has 0 saturated carbocycles. The first-order chi connectivity index (χ1) is 6.63. The zero-order chi connectivity index (χ0) is 10.6. The third kappa shape index (κ3) is 2.58. The molecule has 4 nitrogen and oxygen atoms in total. The Balaban J connectivity index is 2.73. The summed E-state index contributed by atoms with van der Waals surface area (Å²) < 4.78 is 9.49. The predicted octanol–water partition coefficient (Wildman–Crippen LogP) is 1.67. The van der Waals surface area contributed by atoms with Crippen LogP contribution in [0.15, 0.2) is 22.6 Å². The summed E-state index contributed by atoms with van der Waals surface area (Å²) in [5.74, 6) is 0.101. The SMILES string of the molecule is COC(=O)C=Cc1ccc(C(C)=O)o1. The molecule has 0 aliphatic heterocycles. The van der Waals surface area contributed by atoms with Gasteiger partial charge in [0.15, 0.2) is 11.5 Å². The lowest BCUT2D eigenvalue weighted by atomic mass is 10.3. The molecule has 0 bridgehead atoms. The van der Waals surface area contributed by atoms with E-state index in [1.807, 2.05) is 0 Å². The average molecular weight is 194 g/mol. The van der Waals surface area contributed by atoms with Gasteiger partial charge in [-0.05, 0) is 18.2 Å². The summed E-state index contributed by atoms with van der Waals surface area (Å²) in [4.78, 5) is 21.6. The number of esters is 1. The molecule has 0 radical (unpaired) electrons. The van der Waals surface area contributed by atoms with E-state index in [4.69, 9.17) is 4.42 Å². The molecule has 0 aromatic carbocycles. The van der Waals surface area contributed by atoms with Crippen molar-refractivity contribution in [1.29, 1.82) is 0 Å². The Morgan fingerprint density at radius 2 is 2.14 bits per heavy atom. The summed E-state index contributed by atoms with van der Waals surface area (Å²) in [5, 5.41) is 0. The second kappa shape index (κ2) is 4.41. The van der Waals surface area contributed by atoms with Gasteiger partial charge in [0.25, 0.3) is 0 Å². The molecule has 0 amide bonds. The smallest absolute Gasteiger partial charge is 0.330 e. The number of ether oxygens (including phenoxy) is 1. The van der Waals surface area contributed by atoms with Gasteiger partial charge in [-0.3, -0.25) is 4.79 Å². The van der Waals surface area contributed by atoms with Crippen molar-refractivity contribution in [3.63, 3.8) is 0 Å². The molecule has 74 valence electrons. The molecule has 0 aliphatic carbocycles. The number of ketones is 1. The number of furan rings is 1. The average Bonchev–Trinajstić information content (AvgIpc) is 2.62. The quantitative estimate of drug-likeness (QED) is 0.417. The van der Waals surface area contributed by atoms with Gasteiger partial charge >= 0.3 is 5.97 Å². The number of carbonyl (C=O) groups excluding carboxylic acids is 2. The number of hydrogen-bond acceptors (Lipinski definition) is 4. The molecule has 0 aliphatic rings. The van der Waals surface area contributed by atoms with Gasteiger partial charge in [0.05, 0.1) is 7.11 Å². The van der Waals surface area contributed by atoms with Gasteiger partial charge in [0.2, 0.25) is 0 Å². The molecular formula is C10H10O4. The van der Waals surface area contributed by atoms with Gasteiger partial charge in [-0.1, -0.05) is 0 Å². The van der Waals surface area contributed by atoms with Gasteiger partial charge in [0.1, 0.15) is 5.76 Å². The minimum atomic E-state index is -0.467. The van der Waals surface area contributed by atoms with Crippen molar-refractivity contribution in [3.05, 3.63) is 29.7 Å². The predicted molar refractivity (Wildman–Crippen MR) is 49.8 cm³/mol. The molecular weight excluding hydrogens is 184 g/mol. The van der Waals surface area contributed by atoms with E-state index in [1.165, 1.54) is 26.2 Å². The normalized spacial score (nSPS) is 10.4. The van der Waals surface area contributed by atoms with Crippen molar-refractivity contribution in [1.82, 2.24) is 0 Å². The van der Waals surface area contributed by atoms with Gasteiger partial charge in [-0.15, -0.1) is 0 Å². The van der Waals surface area contributed by atoms with E-state index < -0.39 is 5.97 Å². The van der Waals surface area contributed by atoms with Gasteiger partial charge in [-0.2, -0.15) is 0 Å². The number of methoxy groups -OCH3 is 1. The molecule has 0 atom stereocenters. The highest BCUT2D eigenvalue weighted by Gasteiger charge is 2.03. The molecule has 14 heavy (non-hydrogen) atoms. The Morgan fingerprint density at radius 3 is 2.64 bits per heavy atom. The molecule has 1 rings (SSSR count). The largest absolute Gasteiger partial charge is 0.466 e. The fourth-order valence-corrected chi connectivity index (χ4v) is 0.850. The highest BCUT2D eigenvalue weighted by molar-refractivity contribution is 5.91. The van der Waals surface area contributed by atoms with E-state index in [2.05, 4.69) is 4.74 Å². The lowest BCUT2D eigenvalue weighted by Gasteiger charge is -1.88. The Morgan fingerprint density at radius 1 is 1.43 bits per heavy atom. The summed E-state index contributed by atoms with van der Waals surface area (Å²) in [7, 11) is 1.29. The van der Waals surface area contributed by atoms with Gasteiger partial charge in [0, 0.05) is 13.0 Å². The number of Topliss-reactive ketones (excluding diaryl/α,β-unsaturated/α-hetero) is 1. The van der Waals surface area contributed by atoms with Crippen molar-refractivity contribution < 1.29 is 18.7 Å². The Hall–Kier alpha value is -1.84. The van der Waals surface area contributed by atoms with Crippen molar-refractivity contribution in [2.45, 2.75) is 6.92 Å². The molecule has 0 unspecified atom stereocenters. The lowest BCUT2D eigenvalue weighted by Crippen LogP contribution is -1.92. The summed E-state index contributed by atoms with van der Waals surface area (Å²) in [6, 6.07) is 3.16. The van der Waals surface area contributed by atoms with Crippen LogP contribution in [0.2, 0.25) is 0 Å². The van der Waals surface area contributed by atoms with Crippen molar-refractivity contribution in [2.75, 3.05) is 7.11 Å². The highest BCUT2D eigenvalue weighted by atomic mass is 16.5.